The second-order valence-corrected chi connectivity index (χ2v) is 11.1. The van der Waals surface area contributed by atoms with Crippen LogP contribution in [0.15, 0.2) is 48.5 Å². The van der Waals surface area contributed by atoms with Crippen LogP contribution in [0.2, 0.25) is 5.02 Å². The van der Waals surface area contributed by atoms with Gasteiger partial charge in [0.2, 0.25) is 10.8 Å². The van der Waals surface area contributed by atoms with E-state index in [0.29, 0.717) is 32.1 Å². The lowest BCUT2D eigenvalue weighted by molar-refractivity contribution is -0.118. The zero-order valence-electron chi connectivity index (χ0n) is 18.9. The lowest BCUT2D eigenvalue weighted by Crippen LogP contribution is -2.37. The summed E-state index contributed by atoms with van der Waals surface area (Å²) in [6.07, 6.45) is 0. The first-order chi connectivity index (χ1) is 16.8. The summed E-state index contributed by atoms with van der Waals surface area (Å²) in [6.45, 7) is 10.2. The molecule has 1 amide bonds. The number of anilines is 2. The summed E-state index contributed by atoms with van der Waals surface area (Å²) < 4.78 is 17.3. The first-order valence-corrected chi connectivity index (χ1v) is 13.5. The molecule has 0 spiro atoms. The average molecular weight is 528 g/mol. The number of nitrogens with one attached hydrogen (secondary N) is 1. The summed E-state index contributed by atoms with van der Waals surface area (Å²) >= 11 is 7.18. The molecule has 3 aromatic rings. The standard InChI is InChI=1S/C25H22ClN3O4S2/c1-16-13-18(29-9-11-35(32)12-10-29)4-5-20(16)28-23(30)15-33-21-6-3-17(26)14-19(21)25(31)22-7-8-24(27-2)34-22/h3-8,13-14H,9-12,15H2,1H3,(H,28,30). The van der Waals surface area contributed by atoms with Crippen molar-refractivity contribution in [3.63, 3.8) is 0 Å². The Morgan fingerprint density at radius 3 is 2.63 bits per heavy atom. The van der Waals surface area contributed by atoms with Crippen molar-refractivity contribution < 1.29 is 18.5 Å². The number of amides is 1. The van der Waals surface area contributed by atoms with Crippen LogP contribution in [0.3, 0.4) is 0 Å². The van der Waals surface area contributed by atoms with Crippen LogP contribution in [-0.4, -0.2) is 47.1 Å². The van der Waals surface area contributed by atoms with E-state index in [4.69, 9.17) is 22.9 Å². The van der Waals surface area contributed by atoms with E-state index in [-0.39, 0.29) is 29.6 Å². The molecule has 0 radical (unpaired) electrons. The first-order valence-electron chi connectivity index (χ1n) is 10.8. The Bertz CT molecular complexity index is 1340. The molecule has 2 aromatic carbocycles. The summed E-state index contributed by atoms with van der Waals surface area (Å²) in [6, 6.07) is 13.6. The number of benzene rings is 2. The fraction of sp³-hybridized carbons (Fsp3) is 0.240. The molecule has 4 rings (SSSR count). The maximum absolute atomic E-state index is 13.0. The van der Waals surface area contributed by atoms with Crippen LogP contribution in [0.4, 0.5) is 16.4 Å². The highest BCUT2D eigenvalue weighted by Crippen LogP contribution is 2.31. The fourth-order valence-electron chi connectivity index (χ4n) is 3.66. The molecule has 1 aromatic heterocycles. The van der Waals surface area contributed by atoms with Gasteiger partial charge in [0.15, 0.2) is 6.61 Å². The van der Waals surface area contributed by atoms with E-state index in [9.17, 15) is 13.8 Å². The molecule has 1 aliphatic rings. The first kappa shape index (κ1) is 24.9. The van der Waals surface area contributed by atoms with Crippen molar-refractivity contribution in [2.45, 2.75) is 6.92 Å². The van der Waals surface area contributed by atoms with E-state index in [1.165, 1.54) is 6.07 Å². The topological polar surface area (TPSA) is 80.1 Å². The van der Waals surface area contributed by atoms with Crippen molar-refractivity contribution in [3.8, 4) is 5.75 Å². The lowest BCUT2D eigenvalue weighted by atomic mass is 10.1. The molecule has 0 saturated carbocycles. The van der Waals surface area contributed by atoms with Crippen LogP contribution >= 0.6 is 22.9 Å². The number of halogens is 1. The fourth-order valence-corrected chi connectivity index (χ4v) is 5.63. The van der Waals surface area contributed by atoms with Gasteiger partial charge in [0.25, 0.3) is 5.91 Å². The third-order valence-electron chi connectivity index (χ3n) is 5.50. The largest absolute Gasteiger partial charge is 0.483 e. The van der Waals surface area contributed by atoms with Gasteiger partial charge in [-0.15, -0.1) is 11.3 Å². The van der Waals surface area contributed by atoms with Crippen molar-refractivity contribution in [1.29, 1.82) is 0 Å². The molecule has 1 N–H and O–H groups in total. The average Bonchev–Trinajstić information content (AvgIpc) is 3.34. The third kappa shape index (κ3) is 6.09. The molecular weight excluding hydrogens is 506 g/mol. The molecule has 0 unspecified atom stereocenters. The van der Waals surface area contributed by atoms with Gasteiger partial charge >= 0.3 is 0 Å². The van der Waals surface area contributed by atoms with Crippen LogP contribution in [-0.2, 0) is 15.6 Å². The van der Waals surface area contributed by atoms with Crippen molar-refractivity contribution in [2.75, 3.05) is 41.4 Å². The number of thiophene rings is 1. The van der Waals surface area contributed by atoms with Crippen LogP contribution in [0.5, 0.6) is 5.75 Å². The van der Waals surface area contributed by atoms with Crippen LogP contribution in [0, 0.1) is 13.5 Å². The number of hydrogen-bond acceptors (Lipinski definition) is 6. The molecule has 10 heteroatoms. The molecule has 2 heterocycles. The number of ketones is 1. The molecule has 0 aliphatic carbocycles. The predicted octanol–water partition coefficient (Wildman–Crippen LogP) is 5.08. The summed E-state index contributed by atoms with van der Waals surface area (Å²) in [5.74, 6) is 0.876. The van der Waals surface area contributed by atoms with E-state index in [2.05, 4.69) is 15.1 Å². The van der Waals surface area contributed by atoms with Gasteiger partial charge in [0.05, 0.1) is 17.0 Å². The smallest absolute Gasteiger partial charge is 0.262 e. The molecule has 0 bridgehead atoms. The minimum Gasteiger partial charge on any atom is -0.483 e. The highest BCUT2D eigenvalue weighted by molar-refractivity contribution is 7.85. The lowest BCUT2D eigenvalue weighted by Gasteiger charge is -2.29. The van der Waals surface area contributed by atoms with Gasteiger partial charge in [0.1, 0.15) is 5.75 Å². The normalized spacial score (nSPS) is 13.8. The summed E-state index contributed by atoms with van der Waals surface area (Å²) in [4.78, 5) is 31.5. The second-order valence-electron chi connectivity index (χ2n) is 7.89. The van der Waals surface area contributed by atoms with Gasteiger partial charge in [-0.05, 0) is 55.0 Å². The molecule has 35 heavy (non-hydrogen) atoms. The maximum atomic E-state index is 13.0. The monoisotopic (exact) mass is 527 g/mol. The van der Waals surface area contributed by atoms with Gasteiger partial charge in [-0.1, -0.05) is 17.7 Å². The SMILES string of the molecule is [C-]#[N+]c1ccc(C(=O)c2cc(Cl)ccc2OCC(=O)Nc2ccc(N3CCS(=O)CC3)cc2C)s1. The number of ether oxygens (including phenoxy) is 1. The molecule has 7 nitrogen and oxygen atoms in total. The molecular formula is C25H22ClN3O4S2. The van der Waals surface area contributed by atoms with Gasteiger partial charge in [-0.3, -0.25) is 13.8 Å². The van der Waals surface area contributed by atoms with Gasteiger partial charge in [0, 0.05) is 51.8 Å². The number of aryl methyl sites for hydroxylation is 1. The van der Waals surface area contributed by atoms with Crippen molar-refractivity contribution in [3.05, 3.63) is 81.0 Å². The van der Waals surface area contributed by atoms with E-state index in [0.717, 1.165) is 35.7 Å². The highest BCUT2D eigenvalue weighted by atomic mass is 35.5. The quantitative estimate of drug-likeness (QED) is 0.342. The second kappa shape index (κ2) is 11.0. The van der Waals surface area contributed by atoms with Gasteiger partial charge in [-0.2, -0.15) is 0 Å². The number of carbonyl (C=O) groups is 2. The Labute approximate surface area is 214 Å². The maximum Gasteiger partial charge on any atom is 0.262 e. The number of carbonyl (C=O) groups excluding carboxylic acids is 2. The zero-order chi connectivity index (χ0) is 24.9. The molecule has 180 valence electrons. The number of rotatable bonds is 7. The summed E-state index contributed by atoms with van der Waals surface area (Å²) in [7, 11) is -0.739. The van der Waals surface area contributed by atoms with Crippen LogP contribution < -0.4 is 15.0 Å². The van der Waals surface area contributed by atoms with Crippen molar-refractivity contribution >= 4 is 61.8 Å². The molecule has 1 aliphatic heterocycles. The van der Waals surface area contributed by atoms with Crippen molar-refractivity contribution in [1.82, 2.24) is 0 Å². The van der Waals surface area contributed by atoms with Crippen molar-refractivity contribution in [2.24, 2.45) is 0 Å². The van der Waals surface area contributed by atoms with E-state index in [1.54, 1.807) is 24.3 Å². The summed E-state index contributed by atoms with van der Waals surface area (Å²) in [5, 5.41) is 3.62. The van der Waals surface area contributed by atoms with Gasteiger partial charge < -0.3 is 15.0 Å². The minimum absolute atomic E-state index is 0.228. The molecule has 0 atom stereocenters. The van der Waals surface area contributed by atoms with E-state index >= 15 is 0 Å². The highest BCUT2D eigenvalue weighted by Gasteiger charge is 2.19. The predicted molar refractivity (Wildman–Crippen MR) is 141 cm³/mol. The van der Waals surface area contributed by atoms with E-state index in [1.807, 2.05) is 25.1 Å². The van der Waals surface area contributed by atoms with Crippen LogP contribution in [0.25, 0.3) is 4.85 Å². The molecule has 1 fully saturated rings. The minimum atomic E-state index is -0.739. The Hall–Kier alpha value is -3.19. The number of nitrogens with zero attached hydrogens (tertiary/aromatic N) is 2. The Kier molecular flexibility index (Phi) is 7.86. The third-order valence-corrected chi connectivity index (χ3v) is 7.99. The van der Waals surface area contributed by atoms with Crippen LogP contribution in [0.1, 0.15) is 20.8 Å². The summed E-state index contributed by atoms with van der Waals surface area (Å²) in [5.41, 5.74) is 2.83. The Balaban J connectivity index is 1.41. The molecule has 1 saturated heterocycles. The Morgan fingerprint density at radius 2 is 1.94 bits per heavy atom. The van der Waals surface area contributed by atoms with Gasteiger partial charge in [-0.25, -0.2) is 4.85 Å². The zero-order valence-corrected chi connectivity index (χ0v) is 21.3. The number of hydrogen-bond donors (Lipinski definition) is 1. The Morgan fingerprint density at radius 1 is 1.17 bits per heavy atom. The van der Waals surface area contributed by atoms with E-state index < -0.39 is 10.8 Å².